The molecule has 1 fully saturated rings. The van der Waals surface area contributed by atoms with Crippen molar-refractivity contribution in [3.63, 3.8) is 0 Å². The van der Waals surface area contributed by atoms with Crippen LogP contribution in [0.5, 0.6) is 0 Å². The topological polar surface area (TPSA) is 223 Å². The number of fused-ring (bicyclic) bond motifs is 1. The van der Waals surface area contributed by atoms with Crippen LogP contribution < -0.4 is 16.8 Å². The molecule has 14 nitrogen and oxygen atoms in total. The zero-order chi connectivity index (χ0) is 26.0. The first-order valence-electron chi connectivity index (χ1n) is 10.1. The van der Waals surface area contributed by atoms with E-state index in [-0.39, 0.29) is 45.4 Å². The average Bonchev–Trinajstić information content (AvgIpc) is 3.50. The lowest BCUT2D eigenvalue weighted by molar-refractivity contribution is -0.150. The Balaban J connectivity index is 1.48. The SMILES string of the molecule is CCON=C(C(=O)N[C@@H]1C(=O)N2C(C(=O)O)=C(CSc3nnc(C(=N)N)s3)CS[C@@H]12)c1csc(N)n1. The number of thioether (sulfide) groups is 2. The maximum Gasteiger partial charge on any atom is 0.352 e. The van der Waals surface area contributed by atoms with Gasteiger partial charge in [0.2, 0.25) is 0 Å². The predicted octanol–water partition coefficient (Wildman–Crippen LogP) is 0.132. The van der Waals surface area contributed by atoms with Crippen LogP contribution in [0.2, 0.25) is 0 Å². The van der Waals surface area contributed by atoms with Gasteiger partial charge in [0.1, 0.15) is 29.4 Å². The summed E-state index contributed by atoms with van der Waals surface area (Å²) in [4.78, 5) is 48.2. The van der Waals surface area contributed by atoms with Crippen molar-refractivity contribution in [2.75, 3.05) is 23.8 Å². The standard InChI is InChI=1S/C18H19N9O5S4/c1-2-32-26-8(7-5-34-17(21)22-7)12(28)23-9-14(29)27-10(16(30)31)6(3-33-15(9)27)4-35-18-25-24-13(36-18)11(19)20/h5,9,15H,2-4H2,1H3,(H3,19,20)(H2,21,22)(H,23,28)(H,30,31)/t9-,15+/m1/s1. The van der Waals surface area contributed by atoms with Gasteiger partial charge in [0, 0.05) is 16.9 Å². The molecule has 0 unspecified atom stereocenters. The van der Waals surface area contributed by atoms with E-state index in [1.165, 1.54) is 28.4 Å². The lowest BCUT2D eigenvalue weighted by Gasteiger charge is -2.49. The van der Waals surface area contributed by atoms with E-state index >= 15 is 0 Å². The number of nitrogens with two attached hydrogens (primary N) is 2. The third-order valence-corrected chi connectivity index (χ3v) is 9.00. The molecule has 7 N–H and O–H groups in total. The number of nitrogens with one attached hydrogen (secondary N) is 2. The fraction of sp³-hybridized carbons (Fsp3) is 0.333. The number of nitrogens with zero attached hydrogens (tertiary/aromatic N) is 5. The molecule has 0 aliphatic carbocycles. The van der Waals surface area contributed by atoms with Crippen LogP contribution in [-0.2, 0) is 19.2 Å². The number of thiazole rings is 1. The number of carbonyl (C=O) groups is 3. The fourth-order valence-electron chi connectivity index (χ4n) is 3.26. The van der Waals surface area contributed by atoms with Crippen LogP contribution in [0.15, 0.2) is 26.1 Å². The molecule has 2 aromatic heterocycles. The number of hydrogen-bond acceptors (Lipinski definition) is 14. The van der Waals surface area contributed by atoms with Gasteiger partial charge in [-0.15, -0.1) is 33.3 Å². The number of carboxylic acid groups (broad SMARTS) is 1. The van der Waals surface area contributed by atoms with Gasteiger partial charge in [0.15, 0.2) is 26.0 Å². The van der Waals surface area contributed by atoms with E-state index in [1.54, 1.807) is 12.3 Å². The molecule has 18 heteroatoms. The molecular formula is C18H19N9O5S4. The van der Waals surface area contributed by atoms with Gasteiger partial charge in [-0.2, -0.15) is 0 Å². The predicted molar refractivity (Wildman–Crippen MR) is 136 cm³/mol. The van der Waals surface area contributed by atoms with Crippen molar-refractivity contribution in [2.24, 2.45) is 10.9 Å². The molecule has 4 rings (SSSR count). The number of hydrogen-bond donors (Lipinski definition) is 5. The Morgan fingerprint density at radius 3 is 2.83 bits per heavy atom. The molecule has 190 valence electrons. The molecule has 1 saturated heterocycles. The number of aromatic nitrogens is 3. The molecule has 36 heavy (non-hydrogen) atoms. The third kappa shape index (κ3) is 5.15. The van der Waals surface area contributed by atoms with Gasteiger partial charge in [-0.1, -0.05) is 28.3 Å². The van der Waals surface area contributed by atoms with Gasteiger partial charge in [-0.05, 0) is 12.5 Å². The molecule has 0 bridgehead atoms. The minimum absolute atomic E-state index is 0.117. The van der Waals surface area contributed by atoms with Gasteiger partial charge >= 0.3 is 5.97 Å². The van der Waals surface area contributed by atoms with E-state index in [9.17, 15) is 19.5 Å². The van der Waals surface area contributed by atoms with Gasteiger partial charge in [0.05, 0.1) is 0 Å². The molecule has 2 atom stereocenters. The van der Waals surface area contributed by atoms with Gasteiger partial charge in [-0.25, -0.2) is 9.78 Å². The number of anilines is 1. The molecule has 0 saturated carbocycles. The number of aliphatic carboxylic acids is 1. The smallest absolute Gasteiger partial charge is 0.352 e. The molecule has 4 heterocycles. The highest BCUT2D eigenvalue weighted by Gasteiger charge is 2.54. The van der Waals surface area contributed by atoms with E-state index in [0.717, 1.165) is 22.7 Å². The monoisotopic (exact) mass is 569 g/mol. The minimum Gasteiger partial charge on any atom is -0.477 e. The Labute approximate surface area is 220 Å². The van der Waals surface area contributed by atoms with Crippen molar-refractivity contribution in [1.82, 2.24) is 25.4 Å². The zero-order valence-corrected chi connectivity index (χ0v) is 21.7. The van der Waals surface area contributed by atoms with Crippen LogP contribution in [0.4, 0.5) is 5.13 Å². The number of nitrogen functional groups attached to an aromatic ring is 2. The molecule has 0 spiro atoms. The number of carboxylic acids is 1. The summed E-state index contributed by atoms with van der Waals surface area (Å²) in [5.74, 6) is -2.10. The van der Waals surface area contributed by atoms with E-state index in [0.29, 0.717) is 15.7 Å². The van der Waals surface area contributed by atoms with E-state index in [2.05, 4.69) is 25.7 Å². The quantitative estimate of drug-likeness (QED) is 0.0847. The molecule has 0 aromatic carbocycles. The summed E-state index contributed by atoms with van der Waals surface area (Å²) in [5.41, 5.74) is 11.5. The first-order valence-corrected chi connectivity index (χ1v) is 13.9. The Hall–Kier alpha value is -3.22. The Morgan fingerprint density at radius 2 is 2.22 bits per heavy atom. The van der Waals surface area contributed by atoms with Crippen molar-refractivity contribution in [1.29, 1.82) is 5.41 Å². The molecule has 2 aliphatic rings. The zero-order valence-electron chi connectivity index (χ0n) is 18.5. The summed E-state index contributed by atoms with van der Waals surface area (Å²) >= 11 is 4.82. The van der Waals surface area contributed by atoms with Crippen LogP contribution in [0, 0.1) is 5.41 Å². The number of oxime groups is 1. The summed E-state index contributed by atoms with van der Waals surface area (Å²) in [6.07, 6.45) is 0. The van der Waals surface area contributed by atoms with Gasteiger partial charge in [-0.3, -0.25) is 19.9 Å². The maximum absolute atomic E-state index is 13.0. The summed E-state index contributed by atoms with van der Waals surface area (Å²) in [5, 5.41) is 32.9. The van der Waals surface area contributed by atoms with E-state index in [4.69, 9.17) is 21.7 Å². The van der Waals surface area contributed by atoms with Crippen molar-refractivity contribution < 1.29 is 24.3 Å². The van der Waals surface area contributed by atoms with E-state index in [1.807, 2.05) is 0 Å². The fourth-order valence-corrected chi connectivity index (χ4v) is 7.01. The normalized spacial score (nSPS) is 19.5. The second kappa shape index (κ2) is 10.8. The highest BCUT2D eigenvalue weighted by Crippen LogP contribution is 2.41. The average molecular weight is 570 g/mol. The maximum atomic E-state index is 13.0. The first-order chi connectivity index (χ1) is 17.2. The Morgan fingerprint density at radius 1 is 1.44 bits per heavy atom. The summed E-state index contributed by atoms with van der Waals surface area (Å²) < 4.78 is 0.522. The number of carbonyl (C=O) groups excluding carboxylic acids is 2. The highest BCUT2D eigenvalue weighted by molar-refractivity contribution is 8.01. The number of rotatable bonds is 10. The largest absolute Gasteiger partial charge is 0.477 e. The highest BCUT2D eigenvalue weighted by atomic mass is 32.2. The molecule has 2 aliphatic heterocycles. The Bertz CT molecular complexity index is 1290. The van der Waals surface area contributed by atoms with Crippen LogP contribution >= 0.6 is 46.2 Å². The molecular weight excluding hydrogens is 551 g/mol. The molecule has 2 aromatic rings. The van der Waals surface area contributed by atoms with Crippen molar-refractivity contribution >= 4 is 80.7 Å². The first kappa shape index (κ1) is 25.9. The summed E-state index contributed by atoms with van der Waals surface area (Å²) in [7, 11) is 0. The van der Waals surface area contributed by atoms with Crippen molar-refractivity contribution in [3.05, 3.63) is 27.4 Å². The lowest BCUT2D eigenvalue weighted by atomic mass is 10.0. The summed E-state index contributed by atoms with van der Waals surface area (Å²) in [6, 6.07) is -0.949. The van der Waals surface area contributed by atoms with Crippen molar-refractivity contribution in [2.45, 2.75) is 22.7 Å². The second-order valence-corrected chi connectivity index (χ2v) is 11.3. The van der Waals surface area contributed by atoms with Crippen LogP contribution in [0.25, 0.3) is 0 Å². The Kier molecular flexibility index (Phi) is 7.76. The number of amides is 2. The van der Waals surface area contributed by atoms with Gasteiger partial charge in [0.25, 0.3) is 11.8 Å². The van der Waals surface area contributed by atoms with Crippen LogP contribution in [0.1, 0.15) is 17.6 Å². The second-order valence-electron chi connectivity index (χ2n) is 7.12. The molecule has 0 radical (unpaired) electrons. The third-order valence-electron chi connectivity index (χ3n) is 4.81. The van der Waals surface area contributed by atoms with Gasteiger partial charge < -0.3 is 26.7 Å². The van der Waals surface area contributed by atoms with Crippen molar-refractivity contribution in [3.8, 4) is 0 Å². The van der Waals surface area contributed by atoms with Crippen LogP contribution in [-0.4, -0.2) is 84.0 Å². The van der Waals surface area contributed by atoms with Crippen LogP contribution in [0.3, 0.4) is 0 Å². The van der Waals surface area contributed by atoms with E-state index < -0.39 is 29.2 Å². The summed E-state index contributed by atoms with van der Waals surface area (Å²) in [6.45, 7) is 1.91. The molecule has 2 amide bonds. The number of β-lactam (4-membered cyclic amide) rings is 1. The number of amidine groups is 1. The minimum atomic E-state index is -1.24. The lowest BCUT2D eigenvalue weighted by Crippen LogP contribution is -2.71.